The van der Waals surface area contributed by atoms with E-state index in [1.54, 1.807) is 7.11 Å². The third-order valence-electron chi connectivity index (χ3n) is 3.00. The number of amides is 1. The van der Waals surface area contributed by atoms with Crippen LogP contribution in [0.2, 0.25) is 0 Å². The maximum absolute atomic E-state index is 12.0. The van der Waals surface area contributed by atoms with Crippen molar-refractivity contribution in [2.75, 3.05) is 20.3 Å². The largest absolute Gasteiger partial charge is 0.497 e. The Hall–Kier alpha value is -1.49. The molecule has 0 fully saturated rings. The van der Waals surface area contributed by atoms with Crippen molar-refractivity contribution in [2.45, 2.75) is 6.42 Å². The van der Waals surface area contributed by atoms with Gasteiger partial charge in [-0.25, -0.2) is 0 Å². The summed E-state index contributed by atoms with van der Waals surface area (Å²) in [5.41, 5.74) is 1.00. The zero-order valence-electron chi connectivity index (χ0n) is 10.7. The Morgan fingerprint density at radius 1 is 1.63 bits per heavy atom. The molecule has 2 rings (SSSR count). The average Bonchev–Trinajstić information content (AvgIpc) is 2.43. The molecule has 1 aromatic rings. The molecule has 1 atom stereocenters. The van der Waals surface area contributed by atoms with Crippen LogP contribution in [0.3, 0.4) is 0 Å². The number of rotatable bonds is 4. The first-order valence-electron chi connectivity index (χ1n) is 6.01. The molecule has 0 saturated carbocycles. The summed E-state index contributed by atoms with van der Waals surface area (Å²) in [6.45, 7) is 4.52. The normalized spacial score (nSPS) is 17.1. The van der Waals surface area contributed by atoms with E-state index in [0.717, 1.165) is 21.5 Å². The van der Waals surface area contributed by atoms with Crippen molar-refractivity contribution >= 4 is 21.8 Å². The van der Waals surface area contributed by atoms with Gasteiger partial charge in [0.1, 0.15) is 18.1 Å². The molecule has 0 spiro atoms. The quantitative estimate of drug-likeness (QED) is 0.923. The minimum Gasteiger partial charge on any atom is -0.497 e. The fourth-order valence-electron chi connectivity index (χ4n) is 1.99. The number of carbonyl (C=O) groups excluding carboxylic acids is 1. The zero-order valence-corrected chi connectivity index (χ0v) is 12.3. The Morgan fingerprint density at radius 2 is 2.42 bits per heavy atom. The lowest BCUT2D eigenvalue weighted by Crippen LogP contribution is -2.37. The summed E-state index contributed by atoms with van der Waals surface area (Å²) in [6.07, 6.45) is 0.660. The molecule has 0 radical (unpaired) electrons. The molecule has 0 aliphatic carbocycles. The van der Waals surface area contributed by atoms with Crippen LogP contribution in [0.15, 0.2) is 29.3 Å². The summed E-state index contributed by atoms with van der Waals surface area (Å²) in [4.78, 5) is 12.0. The third kappa shape index (κ3) is 3.50. The number of ether oxygens (including phenoxy) is 2. The predicted octanol–water partition coefficient (Wildman–Crippen LogP) is 2.27. The molecule has 102 valence electrons. The summed E-state index contributed by atoms with van der Waals surface area (Å²) in [7, 11) is 1.62. The van der Waals surface area contributed by atoms with E-state index in [0.29, 0.717) is 19.6 Å². The Labute approximate surface area is 120 Å². The highest BCUT2D eigenvalue weighted by Gasteiger charge is 2.26. The van der Waals surface area contributed by atoms with Crippen molar-refractivity contribution in [3.63, 3.8) is 0 Å². The Kier molecular flexibility index (Phi) is 4.47. The molecule has 19 heavy (non-hydrogen) atoms. The molecule has 1 aliphatic rings. The number of nitrogens with one attached hydrogen (secondary N) is 1. The van der Waals surface area contributed by atoms with E-state index in [2.05, 4.69) is 27.8 Å². The molecule has 0 saturated heterocycles. The van der Waals surface area contributed by atoms with E-state index < -0.39 is 0 Å². The number of fused-ring (bicyclic) bond motifs is 1. The molecule has 1 N–H and O–H groups in total. The molecular formula is C14H16BrNO3. The van der Waals surface area contributed by atoms with Gasteiger partial charge in [0.05, 0.1) is 13.0 Å². The summed E-state index contributed by atoms with van der Waals surface area (Å²) in [6, 6.07) is 5.65. The first-order chi connectivity index (χ1) is 9.10. The van der Waals surface area contributed by atoms with Gasteiger partial charge in [0, 0.05) is 11.0 Å². The van der Waals surface area contributed by atoms with Crippen LogP contribution in [0.5, 0.6) is 11.5 Å². The van der Waals surface area contributed by atoms with Crippen molar-refractivity contribution in [2.24, 2.45) is 5.92 Å². The summed E-state index contributed by atoms with van der Waals surface area (Å²) < 4.78 is 11.5. The second kappa shape index (κ2) is 6.10. The van der Waals surface area contributed by atoms with E-state index >= 15 is 0 Å². The highest BCUT2D eigenvalue weighted by molar-refractivity contribution is 9.11. The lowest BCUT2D eigenvalue weighted by Gasteiger charge is -2.25. The molecule has 1 heterocycles. The van der Waals surface area contributed by atoms with Crippen LogP contribution in [-0.4, -0.2) is 26.2 Å². The minimum absolute atomic E-state index is 0.0194. The smallest absolute Gasteiger partial charge is 0.227 e. The monoisotopic (exact) mass is 325 g/mol. The highest BCUT2D eigenvalue weighted by Crippen LogP contribution is 2.30. The molecule has 4 nitrogen and oxygen atoms in total. The van der Waals surface area contributed by atoms with Gasteiger partial charge in [0.15, 0.2) is 0 Å². The van der Waals surface area contributed by atoms with E-state index in [1.165, 1.54) is 0 Å². The van der Waals surface area contributed by atoms with Gasteiger partial charge in [0.25, 0.3) is 0 Å². The molecule has 5 heteroatoms. The fourth-order valence-corrected chi connectivity index (χ4v) is 2.13. The van der Waals surface area contributed by atoms with Crippen LogP contribution in [0.4, 0.5) is 0 Å². The van der Waals surface area contributed by atoms with Crippen molar-refractivity contribution in [3.05, 3.63) is 34.8 Å². The molecule has 1 aliphatic heterocycles. The SMILES string of the molecule is C=C(Br)CNC(=O)C1COc2ccc(OC)cc2C1. The topological polar surface area (TPSA) is 47.6 Å². The molecule has 0 aromatic heterocycles. The molecular weight excluding hydrogens is 310 g/mol. The zero-order chi connectivity index (χ0) is 13.8. The fraction of sp³-hybridized carbons (Fsp3) is 0.357. The first kappa shape index (κ1) is 13.9. The number of hydrogen-bond acceptors (Lipinski definition) is 3. The standard InChI is InChI=1S/C14H16BrNO3/c1-9(15)7-16-14(17)11-5-10-6-12(18-2)3-4-13(10)19-8-11/h3-4,6,11H,1,5,7-8H2,2H3,(H,16,17). The highest BCUT2D eigenvalue weighted by atomic mass is 79.9. The third-order valence-corrected chi connectivity index (χ3v) is 3.28. The Morgan fingerprint density at radius 3 is 3.11 bits per heavy atom. The van der Waals surface area contributed by atoms with Gasteiger partial charge in [-0.05, 0) is 30.2 Å². The van der Waals surface area contributed by atoms with Crippen molar-refractivity contribution in [1.29, 1.82) is 0 Å². The summed E-state index contributed by atoms with van der Waals surface area (Å²) in [5.74, 6) is 1.41. The Bertz CT molecular complexity index is 501. The van der Waals surface area contributed by atoms with E-state index in [1.807, 2.05) is 18.2 Å². The van der Waals surface area contributed by atoms with E-state index in [9.17, 15) is 4.79 Å². The van der Waals surface area contributed by atoms with Crippen LogP contribution in [0.1, 0.15) is 5.56 Å². The van der Waals surface area contributed by atoms with Gasteiger partial charge in [-0.3, -0.25) is 4.79 Å². The maximum Gasteiger partial charge on any atom is 0.227 e. The second-order valence-electron chi connectivity index (χ2n) is 4.42. The number of hydrogen-bond donors (Lipinski definition) is 1. The predicted molar refractivity (Wildman–Crippen MR) is 76.8 cm³/mol. The number of benzene rings is 1. The van der Waals surface area contributed by atoms with Gasteiger partial charge in [-0.15, -0.1) is 0 Å². The van der Waals surface area contributed by atoms with Gasteiger partial charge < -0.3 is 14.8 Å². The lowest BCUT2D eigenvalue weighted by molar-refractivity contribution is -0.126. The maximum atomic E-state index is 12.0. The number of halogens is 1. The van der Waals surface area contributed by atoms with Gasteiger partial charge in [-0.1, -0.05) is 22.5 Å². The van der Waals surface area contributed by atoms with Gasteiger partial charge in [0.2, 0.25) is 5.91 Å². The van der Waals surface area contributed by atoms with E-state index in [4.69, 9.17) is 9.47 Å². The minimum atomic E-state index is -0.175. The molecule has 1 aromatic carbocycles. The second-order valence-corrected chi connectivity index (χ2v) is 5.54. The van der Waals surface area contributed by atoms with Crippen LogP contribution in [-0.2, 0) is 11.2 Å². The van der Waals surface area contributed by atoms with Crippen molar-refractivity contribution < 1.29 is 14.3 Å². The number of carbonyl (C=O) groups is 1. The van der Waals surface area contributed by atoms with Crippen LogP contribution in [0.25, 0.3) is 0 Å². The first-order valence-corrected chi connectivity index (χ1v) is 6.80. The van der Waals surface area contributed by atoms with Crippen LogP contribution in [0, 0.1) is 5.92 Å². The van der Waals surface area contributed by atoms with E-state index in [-0.39, 0.29) is 11.8 Å². The van der Waals surface area contributed by atoms with Crippen molar-refractivity contribution in [1.82, 2.24) is 5.32 Å². The number of methoxy groups -OCH3 is 1. The summed E-state index contributed by atoms with van der Waals surface area (Å²) >= 11 is 3.21. The average molecular weight is 326 g/mol. The molecule has 0 bridgehead atoms. The molecule has 1 unspecified atom stereocenters. The summed E-state index contributed by atoms with van der Waals surface area (Å²) in [5, 5.41) is 2.81. The van der Waals surface area contributed by atoms with Crippen molar-refractivity contribution in [3.8, 4) is 11.5 Å². The van der Waals surface area contributed by atoms with Gasteiger partial charge >= 0.3 is 0 Å². The Balaban J connectivity index is 2.04. The van der Waals surface area contributed by atoms with Gasteiger partial charge in [-0.2, -0.15) is 0 Å². The molecule has 1 amide bonds. The van der Waals surface area contributed by atoms with Crippen LogP contribution < -0.4 is 14.8 Å². The van der Waals surface area contributed by atoms with Crippen LogP contribution >= 0.6 is 15.9 Å². The lowest BCUT2D eigenvalue weighted by atomic mass is 9.96.